The second kappa shape index (κ2) is 6.03. The number of primary sulfonamides is 1. The van der Waals surface area contributed by atoms with E-state index < -0.39 is 10.0 Å². The van der Waals surface area contributed by atoms with Gasteiger partial charge in [0.2, 0.25) is 10.0 Å². The number of hydrogen-bond acceptors (Lipinski definition) is 3. The van der Waals surface area contributed by atoms with Crippen LogP contribution in [0.2, 0.25) is 0 Å². The van der Waals surface area contributed by atoms with Gasteiger partial charge in [-0.2, -0.15) is 0 Å². The Bertz CT molecular complexity index is 568. The lowest BCUT2D eigenvalue weighted by molar-refractivity contribution is 0.250. The van der Waals surface area contributed by atoms with E-state index in [1.807, 2.05) is 20.8 Å². The first-order chi connectivity index (χ1) is 8.74. The summed E-state index contributed by atoms with van der Waals surface area (Å²) in [5.41, 5.74) is 1.29. The minimum Gasteiger partial charge on any atom is -0.336 e. The molecular weight excluding hydrogens is 266 g/mol. The van der Waals surface area contributed by atoms with Crippen LogP contribution in [0, 0.1) is 0 Å². The van der Waals surface area contributed by atoms with E-state index in [4.69, 9.17) is 5.14 Å². The van der Waals surface area contributed by atoms with Gasteiger partial charge in [-0.1, -0.05) is 6.92 Å². The molecule has 6 nitrogen and oxygen atoms in total. The maximum atomic E-state index is 11.6. The molecule has 0 saturated heterocycles. The van der Waals surface area contributed by atoms with Crippen LogP contribution in [-0.4, -0.2) is 20.5 Å². The summed E-state index contributed by atoms with van der Waals surface area (Å²) in [5, 5.41) is 10.5. The van der Waals surface area contributed by atoms with E-state index in [1.165, 1.54) is 12.1 Å². The number of nitrogens with one attached hydrogen (secondary N) is 2. The Balaban J connectivity index is 3.00. The fraction of sp³-hybridized carbons (Fsp3) is 0.417. The third-order valence-corrected chi connectivity index (χ3v) is 3.37. The summed E-state index contributed by atoms with van der Waals surface area (Å²) in [6, 6.07) is 4.08. The van der Waals surface area contributed by atoms with Gasteiger partial charge >= 0.3 is 6.03 Å². The number of nitrogens with two attached hydrogens (primary N) is 1. The topological polar surface area (TPSA) is 101 Å². The van der Waals surface area contributed by atoms with Gasteiger partial charge < -0.3 is 10.6 Å². The van der Waals surface area contributed by atoms with E-state index in [9.17, 15) is 13.2 Å². The van der Waals surface area contributed by atoms with E-state index in [-0.39, 0.29) is 17.0 Å². The van der Waals surface area contributed by atoms with Crippen molar-refractivity contribution in [1.29, 1.82) is 0 Å². The molecule has 4 N–H and O–H groups in total. The maximum absolute atomic E-state index is 11.6. The summed E-state index contributed by atoms with van der Waals surface area (Å²) < 4.78 is 22.5. The van der Waals surface area contributed by atoms with Crippen molar-refractivity contribution in [2.45, 2.75) is 38.1 Å². The fourth-order valence-corrected chi connectivity index (χ4v) is 2.15. The molecule has 0 saturated carbocycles. The van der Waals surface area contributed by atoms with Crippen LogP contribution < -0.4 is 15.8 Å². The van der Waals surface area contributed by atoms with E-state index >= 15 is 0 Å². The molecule has 0 spiro atoms. The zero-order valence-corrected chi connectivity index (χ0v) is 12.0. The average Bonchev–Trinajstić information content (AvgIpc) is 2.26. The van der Waals surface area contributed by atoms with Gasteiger partial charge in [0.05, 0.1) is 4.90 Å². The Kier molecular flexibility index (Phi) is 4.90. The number of benzene rings is 1. The first kappa shape index (κ1) is 15.5. The molecule has 0 aliphatic carbocycles. The normalized spacial score (nSPS) is 11.4. The van der Waals surface area contributed by atoms with Gasteiger partial charge in [-0.05, 0) is 44.0 Å². The third-order valence-electron chi connectivity index (χ3n) is 2.45. The van der Waals surface area contributed by atoms with Gasteiger partial charge in [-0.15, -0.1) is 0 Å². The predicted octanol–water partition coefficient (Wildman–Crippen LogP) is 1.43. The van der Waals surface area contributed by atoms with Crippen LogP contribution in [0.15, 0.2) is 23.1 Å². The molecule has 19 heavy (non-hydrogen) atoms. The summed E-state index contributed by atoms with van der Waals surface area (Å²) >= 11 is 0. The molecule has 0 atom stereocenters. The minimum absolute atomic E-state index is 0.0220. The second-order valence-electron chi connectivity index (χ2n) is 4.47. The lowest BCUT2D eigenvalue weighted by atomic mass is 10.1. The molecule has 7 heteroatoms. The number of amides is 2. The van der Waals surface area contributed by atoms with Gasteiger partial charge in [-0.3, -0.25) is 0 Å². The molecule has 0 aliphatic heterocycles. The molecule has 0 unspecified atom stereocenters. The molecule has 106 valence electrons. The van der Waals surface area contributed by atoms with Crippen molar-refractivity contribution >= 4 is 21.7 Å². The van der Waals surface area contributed by atoms with Gasteiger partial charge in [0.15, 0.2) is 0 Å². The molecule has 2 amide bonds. The summed E-state index contributed by atoms with van der Waals surface area (Å²) in [6.45, 7) is 5.57. The highest BCUT2D eigenvalue weighted by Gasteiger charge is 2.12. The van der Waals surface area contributed by atoms with E-state index in [0.29, 0.717) is 17.7 Å². The molecular formula is C12H19N3O3S. The number of rotatable bonds is 4. The molecule has 1 aromatic carbocycles. The predicted molar refractivity (Wildman–Crippen MR) is 74.5 cm³/mol. The molecule has 0 fully saturated rings. The molecule has 1 aromatic rings. The number of carbonyl (C=O) groups is 1. The van der Waals surface area contributed by atoms with Crippen molar-refractivity contribution in [3.63, 3.8) is 0 Å². The van der Waals surface area contributed by atoms with Crippen molar-refractivity contribution in [2.24, 2.45) is 5.14 Å². The largest absolute Gasteiger partial charge is 0.336 e. The zero-order valence-electron chi connectivity index (χ0n) is 11.2. The Morgan fingerprint density at radius 1 is 1.37 bits per heavy atom. The Morgan fingerprint density at radius 3 is 2.47 bits per heavy atom. The van der Waals surface area contributed by atoms with E-state index in [1.54, 1.807) is 6.07 Å². The lowest BCUT2D eigenvalue weighted by Gasteiger charge is -2.13. The first-order valence-electron chi connectivity index (χ1n) is 5.97. The highest BCUT2D eigenvalue weighted by molar-refractivity contribution is 7.89. The van der Waals surface area contributed by atoms with Gasteiger partial charge in [-0.25, -0.2) is 18.4 Å². The first-order valence-corrected chi connectivity index (χ1v) is 7.52. The number of hydrogen-bond donors (Lipinski definition) is 3. The Morgan fingerprint density at radius 2 is 2.00 bits per heavy atom. The van der Waals surface area contributed by atoms with Crippen molar-refractivity contribution in [1.82, 2.24) is 5.32 Å². The van der Waals surface area contributed by atoms with E-state index in [2.05, 4.69) is 10.6 Å². The highest BCUT2D eigenvalue weighted by Crippen LogP contribution is 2.20. The summed E-state index contributed by atoms with van der Waals surface area (Å²) in [4.78, 5) is 11.6. The van der Waals surface area contributed by atoms with Crippen LogP contribution in [0.3, 0.4) is 0 Å². The lowest BCUT2D eigenvalue weighted by Crippen LogP contribution is -2.34. The standard InChI is InChI=1S/C12H19N3O3S/c1-4-9-7-10(19(13,17)18)5-6-11(9)15-12(16)14-8(2)3/h5-8H,4H2,1-3H3,(H2,13,17,18)(H2,14,15,16). The van der Waals surface area contributed by atoms with E-state index in [0.717, 1.165) is 0 Å². The van der Waals surface area contributed by atoms with Crippen molar-refractivity contribution < 1.29 is 13.2 Å². The van der Waals surface area contributed by atoms with Crippen molar-refractivity contribution in [3.05, 3.63) is 23.8 Å². The van der Waals surface area contributed by atoms with Gasteiger partial charge in [0.25, 0.3) is 0 Å². The fourth-order valence-electron chi connectivity index (χ4n) is 1.58. The number of aryl methyl sites for hydroxylation is 1. The monoisotopic (exact) mass is 285 g/mol. The number of urea groups is 1. The van der Waals surface area contributed by atoms with Gasteiger partial charge in [0, 0.05) is 11.7 Å². The van der Waals surface area contributed by atoms with Crippen LogP contribution in [0.5, 0.6) is 0 Å². The molecule has 0 heterocycles. The molecule has 0 radical (unpaired) electrons. The van der Waals surface area contributed by atoms with Crippen molar-refractivity contribution in [3.8, 4) is 0 Å². The molecule has 1 rings (SSSR count). The number of anilines is 1. The van der Waals surface area contributed by atoms with Gasteiger partial charge in [0.1, 0.15) is 0 Å². The zero-order chi connectivity index (χ0) is 14.6. The summed E-state index contributed by atoms with van der Waals surface area (Å²) in [6.07, 6.45) is 0.584. The minimum atomic E-state index is -3.73. The van der Waals surface area contributed by atoms with Crippen molar-refractivity contribution in [2.75, 3.05) is 5.32 Å². The van der Waals surface area contributed by atoms with Crippen LogP contribution in [0.4, 0.5) is 10.5 Å². The third kappa shape index (κ3) is 4.53. The molecule has 0 aliphatic rings. The highest BCUT2D eigenvalue weighted by atomic mass is 32.2. The molecule has 0 bridgehead atoms. The van der Waals surface area contributed by atoms with Crippen LogP contribution >= 0.6 is 0 Å². The summed E-state index contributed by atoms with van der Waals surface area (Å²) in [7, 11) is -3.73. The average molecular weight is 285 g/mol. The van der Waals surface area contributed by atoms with Crippen LogP contribution in [0.1, 0.15) is 26.3 Å². The quantitative estimate of drug-likeness (QED) is 0.779. The maximum Gasteiger partial charge on any atom is 0.319 e. The summed E-state index contributed by atoms with van der Waals surface area (Å²) in [5.74, 6) is 0. The number of carbonyl (C=O) groups excluding carboxylic acids is 1. The van der Waals surface area contributed by atoms with Crippen LogP contribution in [0.25, 0.3) is 0 Å². The Labute approximate surface area is 113 Å². The molecule has 0 aromatic heterocycles. The second-order valence-corrected chi connectivity index (χ2v) is 6.03. The smallest absolute Gasteiger partial charge is 0.319 e. The SMILES string of the molecule is CCc1cc(S(N)(=O)=O)ccc1NC(=O)NC(C)C. The Hall–Kier alpha value is -1.60. The van der Waals surface area contributed by atoms with Crippen LogP contribution in [-0.2, 0) is 16.4 Å². The number of sulfonamides is 1.